The number of carboxylic acids is 1. The van der Waals surface area contributed by atoms with E-state index in [9.17, 15) is 4.79 Å². The second-order valence-corrected chi connectivity index (χ2v) is 2.90. The standard InChI is InChI=1S/C8H12N2O2/c1-5(8(11)12)7-4-10(3)9-6(7)2/h4-5H,1-3H3,(H,11,12). The molecular weight excluding hydrogens is 156 g/mol. The van der Waals surface area contributed by atoms with Gasteiger partial charge in [-0.1, -0.05) is 0 Å². The van der Waals surface area contributed by atoms with Gasteiger partial charge >= 0.3 is 5.97 Å². The highest BCUT2D eigenvalue weighted by molar-refractivity contribution is 5.75. The van der Waals surface area contributed by atoms with Gasteiger partial charge in [0.2, 0.25) is 0 Å². The average molecular weight is 168 g/mol. The Hall–Kier alpha value is -1.32. The molecule has 0 aromatic carbocycles. The molecule has 12 heavy (non-hydrogen) atoms. The molecule has 66 valence electrons. The number of hydrogen-bond acceptors (Lipinski definition) is 2. The highest BCUT2D eigenvalue weighted by Crippen LogP contribution is 2.17. The van der Waals surface area contributed by atoms with E-state index in [1.54, 1.807) is 24.9 Å². The van der Waals surface area contributed by atoms with Crippen LogP contribution in [-0.4, -0.2) is 20.9 Å². The summed E-state index contributed by atoms with van der Waals surface area (Å²) in [5, 5.41) is 12.8. The maximum atomic E-state index is 10.6. The first kappa shape index (κ1) is 8.77. The van der Waals surface area contributed by atoms with Gasteiger partial charge in [-0.25, -0.2) is 0 Å². The van der Waals surface area contributed by atoms with Crippen LogP contribution in [0.2, 0.25) is 0 Å². The molecule has 0 fully saturated rings. The van der Waals surface area contributed by atoms with Crippen molar-refractivity contribution < 1.29 is 9.90 Å². The molecule has 1 rings (SSSR count). The molecule has 0 aliphatic carbocycles. The molecule has 0 spiro atoms. The van der Waals surface area contributed by atoms with Crippen LogP contribution in [0.4, 0.5) is 0 Å². The molecule has 0 radical (unpaired) electrons. The van der Waals surface area contributed by atoms with Gasteiger partial charge in [-0.15, -0.1) is 0 Å². The van der Waals surface area contributed by atoms with Crippen LogP contribution in [0.1, 0.15) is 24.1 Å². The molecule has 1 unspecified atom stereocenters. The van der Waals surface area contributed by atoms with E-state index >= 15 is 0 Å². The van der Waals surface area contributed by atoms with Crippen LogP contribution in [-0.2, 0) is 11.8 Å². The van der Waals surface area contributed by atoms with Gasteiger partial charge < -0.3 is 5.11 Å². The first-order valence-electron chi connectivity index (χ1n) is 3.75. The zero-order valence-electron chi connectivity index (χ0n) is 7.40. The third-order valence-corrected chi connectivity index (χ3v) is 1.89. The Balaban J connectivity index is 3.02. The minimum absolute atomic E-state index is 0.473. The Morgan fingerprint density at radius 1 is 1.75 bits per heavy atom. The Morgan fingerprint density at radius 3 is 2.67 bits per heavy atom. The van der Waals surface area contributed by atoms with E-state index in [-0.39, 0.29) is 0 Å². The summed E-state index contributed by atoms with van der Waals surface area (Å²) < 4.78 is 1.63. The average Bonchev–Trinajstić information content (AvgIpc) is 2.28. The summed E-state index contributed by atoms with van der Waals surface area (Å²) in [5.41, 5.74) is 1.57. The van der Waals surface area contributed by atoms with Gasteiger partial charge in [0.15, 0.2) is 0 Å². The molecule has 0 bridgehead atoms. The summed E-state index contributed by atoms with van der Waals surface area (Å²) in [5.74, 6) is -1.29. The monoisotopic (exact) mass is 168 g/mol. The predicted molar refractivity (Wildman–Crippen MR) is 44.0 cm³/mol. The van der Waals surface area contributed by atoms with Crippen LogP contribution in [0.5, 0.6) is 0 Å². The van der Waals surface area contributed by atoms with Gasteiger partial charge in [0.25, 0.3) is 0 Å². The van der Waals surface area contributed by atoms with Crippen LogP contribution in [0, 0.1) is 6.92 Å². The molecule has 1 N–H and O–H groups in total. The fraction of sp³-hybridized carbons (Fsp3) is 0.500. The van der Waals surface area contributed by atoms with Gasteiger partial charge in [-0.05, 0) is 13.8 Å². The van der Waals surface area contributed by atoms with E-state index in [1.807, 2.05) is 6.92 Å². The number of hydrogen-bond donors (Lipinski definition) is 1. The number of aromatic nitrogens is 2. The van der Waals surface area contributed by atoms with Gasteiger partial charge in [-0.2, -0.15) is 5.10 Å². The summed E-state index contributed by atoms with van der Waals surface area (Å²) >= 11 is 0. The first-order chi connectivity index (χ1) is 5.52. The van der Waals surface area contributed by atoms with E-state index in [0.717, 1.165) is 11.3 Å². The van der Waals surface area contributed by atoms with Crippen molar-refractivity contribution in [2.24, 2.45) is 7.05 Å². The van der Waals surface area contributed by atoms with Crippen molar-refractivity contribution in [1.29, 1.82) is 0 Å². The zero-order valence-corrected chi connectivity index (χ0v) is 7.40. The van der Waals surface area contributed by atoms with Crippen molar-refractivity contribution in [3.05, 3.63) is 17.5 Å². The van der Waals surface area contributed by atoms with E-state index < -0.39 is 11.9 Å². The molecule has 0 aliphatic rings. The Labute approximate surface area is 70.8 Å². The van der Waals surface area contributed by atoms with Crippen LogP contribution >= 0.6 is 0 Å². The van der Waals surface area contributed by atoms with Gasteiger partial charge in [0.1, 0.15) is 0 Å². The number of nitrogens with zero attached hydrogens (tertiary/aromatic N) is 2. The molecular formula is C8H12N2O2. The highest BCUT2D eigenvalue weighted by Gasteiger charge is 2.17. The van der Waals surface area contributed by atoms with Crippen molar-refractivity contribution >= 4 is 5.97 Å². The molecule has 1 aromatic heterocycles. The Morgan fingerprint density at radius 2 is 2.33 bits per heavy atom. The second-order valence-electron chi connectivity index (χ2n) is 2.90. The third-order valence-electron chi connectivity index (χ3n) is 1.89. The molecule has 0 amide bonds. The molecule has 1 heterocycles. The SMILES string of the molecule is Cc1nn(C)cc1C(C)C(=O)O. The Bertz CT molecular complexity index is 304. The summed E-state index contributed by atoms with van der Waals surface area (Å²) in [7, 11) is 1.78. The first-order valence-corrected chi connectivity index (χ1v) is 3.75. The van der Waals surface area contributed by atoms with Crippen LogP contribution in [0.3, 0.4) is 0 Å². The molecule has 0 aliphatic heterocycles. The molecule has 1 atom stereocenters. The van der Waals surface area contributed by atoms with E-state index in [4.69, 9.17) is 5.11 Å². The molecule has 0 saturated heterocycles. The van der Waals surface area contributed by atoms with Crippen LogP contribution < -0.4 is 0 Å². The van der Waals surface area contributed by atoms with Gasteiger partial charge in [-0.3, -0.25) is 9.48 Å². The lowest BCUT2D eigenvalue weighted by molar-refractivity contribution is -0.138. The van der Waals surface area contributed by atoms with Crippen molar-refractivity contribution in [2.45, 2.75) is 19.8 Å². The smallest absolute Gasteiger partial charge is 0.310 e. The van der Waals surface area contributed by atoms with E-state index in [1.165, 1.54) is 0 Å². The third kappa shape index (κ3) is 1.47. The van der Waals surface area contributed by atoms with Crippen LogP contribution in [0.25, 0.3) is 0 Å². The Kier molecular flexibility index (Phi) is 2.17. The van der Waals surface area contributed by atoms with Gasteiger partial charge in [0, 0.05) is 18.8 Å². The summed E-state index contributed by atoms with van der Waals surface area (Å²) in [6, 6.07) is 0. The topological polar surface area (TPSA) is 55.1 Å². The minimum Gasteiger partial charge on any atom is -0.481 e. The summed E-state index contributed by atoms with van der Waals surface area (Å²) in [6.45, 7) is 3.47. The van der Waals surface area contributed by atoms with Crippen molar-refractivity contribution in [3.63, 3.8) is 0 Å². The fourth-order valence-electron chi connectivity index (χ4n) is 1.18. The lowest BCUT2D eigenvalue weighted by Gasteiger charge is -2.02. The lowest BCUT2D eigenvalue weighted by Crippen LogP contribution is -2.07. The number of carboxylic acid groups (broad SMARTS) is 1. The van der Waals surface area contributed by atoms with Crippen molar-refractivity contribution in [3.8, 4) is 0 Å². The number of aliphatic carboxylic acids is 1. The summed E-state index contributed by atoms with van der Waals surface area (Å²) in [6.07, 6.45) is 1.74. The zero-order chi connectivity index (χ0) is 9.30. The highest BCUT2D eigenvalue weighted by atomic mass is 16.4. The number of rotatable bonds is 2. The normalized spacial score (nSPS) is 12.9. The molecule has 0 saturated carbocycles. The maximum absolute atomic E-state index is 10.6. The maximum Gasteiger partial charge on any atom is 0.310 e. The second kappa shape index (κ2) is 2.97. The summed E-state index contributed by atoms with van der Waals surface area (Å²) in [4.78, 5) is 10.6. The lowest BCUT2D eigenvalue weighted by atomic mass is 10.0. The molecule has 1 aromatic rings. The van der Waals surface area contributed by atoms with E-state index in [2.05, 4.69) is 5.10 Å². The largest absolute Gasteiger partial charge is 0.481 e. The van der Waals surface area contributed by atoms with Gasteiger partial charge in [0.05, 0.1) is 11.6 Å². The van der Waals surface area contributed by atoms with E-state index in [0.29, 0.717) is 0 Å². The number of carbonyl (C=O) groups is 1. The van der Waals surface area contributed by atoms with Crippen LogP contribution in [0.15, 0.2) is 6.20 Å². The molecule has 4 heteroatoms. The van der Waals surface area contributed by atoms with Crippen molar-refractivity contribution in [2.75, 3.05) is 0 Å². The number of aryl methyl sites for hydroxylation is 2. The molecule has 4 nitrogen and oxygen atoms in total. The minimum atomic E-state index is -0.814. The van der Waals surface area contributed by atoms with Crippen molar-refractivity contribution in [1.82, 2.24) is 9.78 Å². The predicted octanol–water partition coefficient (Wildman–Crippen LogP) is 0.917. The fourth-order valence-corrected chi connectivity index (χ4v) is 1.18. The quantitative estimate of drug-likeness (QED) is 0.714.